The Morgan fingerprint density at radius 2 is 1.89 bits per heavy atom. The van der Waals surface area contributed by atoms with Crippen LogP contribution in [-0.2, 0) is 6.42 Å². The second-order valence-electron chi connectivity index (χ2n) is 4.77. The summed E-state index contributed by atoms with van der Waals surface area (Å²) >= 11 is 7.21. The van der Waals surface area contributed by atoms with E-state index >= 15 is 0 Å². The number of fused-ring (bicyclic) bond motifs is 4. The van der Waals surface area contributed by atoms with E-state index in [9.17, 15) is 0 Å². The molecule has 0 spiro atoms. The molecule has 0 fully saturated rings. The molecule has 0 unspecified atom stereocenters. The van der Waals surface area contributed by atoms with Crippen LogP contribution in [0, 0.1) is 0 Å². The standard InChI is InChI=1S/C16H9Br2N/c17-10-5-9-6-13-11-3-1-2-4-15(11)19-16(13)8-12(9)14(18)7-10/h1-7H,8H2. The summed E-state index contributed by atoms with van der Waals surface area (Å²) in [6.45, 7) is 0. The number of rotatable bonds is 0. The predicted octanol–water partition coefficient (Wildman–Crippen LogP) is 5.39. The number of hydrogen-bond donors (Lipinski definition) is 0. The van der Waals surface area contributed by atoms with E-state index < -0.39 is 0 Å². The Morgan fingerprint density at radius 3 is 2.79 bits per heavy atom. The Hall–Kier alpha value is -1.19. The molecule has 2 aromatic rings. The van der Waals surface area contributed by atoms with E-state index in [2.05, 4.69) is 68.3 Å². The molecule has 0 radical (unpaired) electrons. The third-order valence-corrected chi connectivity index (χ3v) is 4.76. The van der Waals surface area contributed by atoms with Crippen LogP contribution >= 0.6 is 31.9 Å². The number of nitrogens with zero attached hydrogens (tertiary/aromatic N) is 1. The van der Waals surface area contributed by atoms with Gasteiger partial charge in [-0.15, -0.1) is 0 Å². The number of halogens is 2. The number of allylic oxidation sites excluding steroid dienone is 1. The molecular formula is C16H9Br2N. The zero-order valence-electron chi connectivity index (χ0n) is 9.95. The van der Waals surface area contributed by atoms with E-state index in [1.165, 1.54) is 28.0 Å². The lowest BCUT2D eigenvalue weighted by Crippen LogP contribution is -2.09. The van der Waals surface area contributed by atoms with Gasteiger partial charge in [0.25, 0.3) is 0 Å². The predicted molar refractivity (Wildman–Crippen MR) is 87.0 cm³/mol. The van der Waals surface area contributed by atoms with Crippen LogP contribution in [0.4, 0.5) is 5.69 Å². The normalized spacial score (nSPS) is 15.3. The highest BCUT2D eigenvalue weighted by Gasteiger charge is 2.26. The third kappa shape index (κ3) is 1.76. The summed E-state index contributed by atoms with van der Waals surface area (Å²) < 4.78 is 2.24. The highest BCUT2D eigenvalue weighted by atomic mass is 79.9. The Balaban J connectivity index is 1.97. The lowest BCUT2D eigenvalue weighted by atomic mass is 9.88. The molecule has 3 heteroatoms. The smallest absolute Gasteiger partial charge is 0.0712 e. The highest BCUT2D eigenvalue weighted by Crippen LogP contribution is 2.41. The van der Waals surface area contributed by atoms with Crippen LogP contribution in [0.15, 0.2) is 50.3 Å². The summed E-state index contributed by atoms with van der Waals surface area (Å²) in [6, 6.07) is 12.6. The molecule has 0 bridgehead atoms. The molecular weight excluding hydrogens is 366 g/mol. The number of hydrogen-bond acceptors (Lipinski definition) is 1. The topological polar surface area (TPSA) is 12.4 Å². The van der Waals surface area contributed by atoms with Crippen molar-refractivity contribution in [1.29, 1.82) is 0 Å². The molecule has 0 atom stereocenters. The molecule has 0 aromatic heterocycles. The molecule has 0 N–H and O–H groups in total. The van der Waals surface area contributed by atoms with Crippen molar-refractivity contribution in [2.24, 2.45) is 4.99 Å². The third-order valence-electron chi connectivity index (χ3n) is 3.60. The average Bonchev–Trinajstić information content (AvgIpc) is 2.74. The van der Waals surface area contributed by atoms with Crippen LogP contribution < -0.4 is 0 Å². The summed E-state index contributed by atoms with van der Waals surface area (Å²) in [5.41, 5.74) is 7.38. The Kier molecular flexibility index (Phi) is 2.54. The second-order valence-corrected chi connectivity index (χ2v) is 6.54. The van der Waals surface area contributed by atoms with Gasteiger partial charge in [0.05, 0.1) is 11.4 Å². The molecule has 1 aliphatic heterocycles. The number of aliphatic imine (C=N–C) groups is 1. The van der Waals surface area contributed by atoms with Gasteiger partial charge in [0.2, 0.25) is 0 Å². The van der Waals surface area contributed by atoms with Crippen LogP contribution in [0.3, 0.4) is 0 Å². The molecule has 1 heterocycles. The fraction of sp³-hybridized carbons (Fsp3) is 0.0625. The SMILES string of the molecule is Brc1cc(Br)c2c(c1)C=C1C(=Nc3ccccc31)C2. The minimum absolute atomic E-state index is 0.893. The summed E-state index contributed by atoms with van der Waals surface area (Å²) in [7, 11) is 0. The molecule has 0 saturated carbocycles. The molecule has 2 aromatic carbocycles. The quantitative estimate of drug-likeness (QED) is 0.585. The lowest BCUT2D eigenvalue weighted by molar-refractivity contribution is 1.27. The van der Waals surface area contributed by atoms with Gasteiger partial charge < -0.3 is 0 Å². The van der Waals surface area contributed by atoms with E-state index in [0.717, 1.165) is 21.1 Å². The minimum atomic E-state index is 0.893. The van der Waals surface area contributed by atoms with Crippen molar-refractivity contribution in [2.75, 3.05) is 0 Å². The van der Waals surface area contributed by atoms with Gasteiger partial charge in [-0.3, -0.25) is 4.99 Å². The van der Waals surface area contributed by atoms with Crippen molar-refractivity contribution in [1.82, 2.24) is 0 Å². The maximum Gasteiger partial charge on any atom is 0.0712 e. The van der Waals surface area contributed by atoms with Gasteiger partial charge >= 0.3 is 0 Å². The van der Waals surface area contributed by atoms with E-state index in [4.69, 9.17) is 4.99 Å². The maximum absolute atomic E-state index is 4.75. The molecule has 1 nitrogen and oxygen atoms in total. The van der Waals surface area contributed by atoms with Crippen molar-refractivity contribution in [3.8, 4) is 0 Å². The van der Waals surface area contributed by atoms with Gasteiger partial charge in [-0.25, -0.2) is 0 Å². The Labute approximate surface area is 128 Å². The van der Waals surface area contributed by atoms with E-state index in [1.54, 1.807) is 0 Å². The van der Waals surface area contributed by atoms with Gasteiger partial charge in [0.15, 0.2) is 0 Å². The minimum Gasteiger partial charge on any atom is -0.252 e. The van der Waals surface area contributed by atoms with E-state index in [0.29, 0.717) is 0 Å². The van der Waals surface area contributed by atoms with Gasteiger partial charge in [-0.1, -0.05) is 50.1 Å². The maximum atomic E-state index is 4.75. The highest BCUT2D eigenvalue weighted by molar-refractivity contribution is 9.11. The lowest BCUT2D eigenvalue weighted by Gasteiger charge is -2.17. The van der Waals surface area contributed by atoms with Gasteiger partial charge in [0, 0.05) is 26.5 Å². The van der Waals surface area contributed by atoms with Crippen molar-refractivity contribution in [3.05, 3.63) is 62.0 Å². The van der Waals surface area contributed by atoms with Crippen LogP contribution in [0.1, 0.15) is 16.7 Å². The molecule has 1 aliphatic carbocycles. The summed E-state index contributed by atoms with van der Waals surface area (Å²) in [4.78, 5) is 4.75. The monoisotopic (exact) mass is 373 g/mol. The van der Waals surface area contributed by atoms with Crippen molar-refractivity contribution < 1.29 is 0 Å². The van der Waals surface area contributed by atoms with Gasteiger partial charge in [-0.2, -0.15) is 0 Å². The van der Waals surface area contributed by atoms with E-state index in [1.807, 2.05) is 6.07 Å². The summed E-state index contributed by atoms with van der Waals surface area (Å²) in [5.74, 6) is 0. The van der Waals surface area contributed by atoms with E-state index in [-0.39, 0.29) is 0 Å². The zero-order valence-corrected chi connectivity index (χ0v) is 13.1. The molecule has 2 aliphatic rings. The fourth-order valence-corrected chi connectivity index (χ4v) is 4.12. The Bertz CT molecular complexity index is 772. The first-order valence-electron chi connectivity index (χ1n) is 6.09. The zero-order chi connectivity index (χ0) is 13.0. The fourth-order valence-electron chi connectivity index (χ4n) is 2.72. The van der Waals surface area contributed by atoms with Gasteiger partial charge in [-0.05, 0) is 35.4 Å². The molecule has 92 valence electrons. The van der Waals surface area contributed by atoms with Crippen molar-refractivity contribution in [2.45, 2.75) is 6.42 Å². The molecule has 0 saturated heterocycles. The Morgan fingerprint density at radius 1 is 1.05 bits per heavy atom. The van der Waals surface area contributed by atoms with Crippen LogP contribution in [-0.4, -0.2) is 5.71 Å². The number of benzene rings is 2. The first-order chi connectivity index (χ1) is 9.22. The second kappa shape index (κ2) is 4.15. The molecule has 4 rings (SSSR count). The summed E-state index contributed by atoms with van der Waals surface area (Å²) in [6.07, 6.45) is 3.14. The van der Waals surface area contributed by atoms with Crippen LogP contribution in [0.5, 0.6) is 0 Å². The average molecular weight is 375 g/mol. The first-order valence-corrected chi connectivity index (χ1v) is 7.68. The largest absolute Gasteiger partial charge is 0.252 e. The molecule has 0 amide bonds. The molecule has 19 heavy (non-hydrogen) atoms. The first kappa shape index (κ1) is 11.6. The summed E-state index contributed by atoms with van der Waals surface area (Å²) in [5, 5.41) is 0. The van der Waals surface area contributed by atoms with Crippen LogP contribution in [0.25, 0.3) is 11.6 Å². The van der Waals surface area contributed by atoms with Crippen molar-refractivity contribution in [3.63, 3.8) is 0 Å². The van der Waals surface area contributed by atoms with Gasteiger partial charge in [0.1, 0.15) is 0 Å². The van der Waals surface area contributed by atoms with Crippen molar-refractivity contribution >= 4 is 54.9 Å². The number of para-hydroxylation sites is 1. The van der Waals surface area contributed by atoms with Crippen LogP contribution in [0.2, 0.25) is 0 Å².